The molecule has 136 valence electrons. The lowest BCUT2D eigenvalue weighted by Crippen LogP contribution is -2.64. The maximum atomic E-state index is 11.5. The van der Waals surface area contributed by atoms with Gasteiger partial charge in [-0.3, -0.25) is 4.31 Å². The highest BCUT2D eigenvalue weighted by atomic mass is 32.2. The Morgan fingerprint density at radius 1 is 1.19 bits per heavy atom. The van der Waals surface area contributed by atoms with Crippen LogP contribution in [0.4, 0.5) is 0 Å². The number of benzene rings is 1. The number of hydrogen-bond donors (Lipinski definition) is 1. The Bertz CT molecular complexity index is 850. The van der Waals surface area contributed by atoms with Crippen molar-refractivity contribution < 1.29 is 5.11 Å². The van der Waals surface area contributed by atoms with Crippen LogP contribution in [-0.2, 0) is 0 Å². The van der Waals surface area contributed by atoms with E-state index < -0.39 is 0 Å². The third-order valence-corrected chi connectivity index (χ3v) is 8.78. The van der Waals surface area contributed by atoms with Crippen LogP contribution in [0.15, 0.2) is 36.8 Å². The summed E-state index contributed by atoms with van der Waals surface area (Å²) < 4.78 is 4.83. The minimum Gasteiger partial charge on any atom is -0.392 e. The average molecular weight is 368 g/mol. The van der Waals surface area contributed by atoms with Crippen LogP contribution < -0.4 is 0 Å². The summed E-state index contributed by atoms with van der Waals surface area (Å²) in [7, 11) is 0. The van der Waals surface area contributed by atoms with E-state index in [1.165, 1.54) is 36.1 Å². The molecule has 2 aliphatic heterocycles. The molecule has 5 heteroatoms. The molecule has 26 heavy (non-hydrogen) atoms. The maximum absolute atomic E-state index is 11.5. The highest BCUT2D eigenvalue weighted by molar-refractivity contribution is 7.96. The molecule has 0 amide bonds. The molecule has 6 rings (SSSR count). The predicted octanol–water partition coefficient (Wildman–Crippen LogP) is 3.44. The quantitative estimate of drug-likeness (QED) is 0.826. The van der Waals surface area contributed by atoms with E-state index in [-0.39, 0.29) is 17.6 Å². The van der Waals surface area contributed by atoms with Crippen molar-refractivity contribution >= 4 is 11.9 Å². The fraction of sp³-hybridized carbons (Fsp3) is 0.571. The zero-order valence-electron chi connectivity index (χ0n) is 15.1. The van der Waals surface area contributed by atoms with Crippen LogP contribution in [0.2, 0.25) is 0 Å². The molecule has 2 aromatic rings. The van der Waals surface area contributed by atoms with Crippen molar-refractivity contribution in [1.82, 2.24) is 13.9 Å². The van der Waals surface area contributed by atoms with E-state index >= 15 is 0 Å². The normalized spacial score (nSPS) is 40.5. The van der Waals surface area contributed by atoms with E-state index in [1.807, 2.05) is 24.5 Å². The highest BCUT2D eigenvalue weighted by Gasteiger charge is 2.67. The minimum atomic E-state index is -0.185. The van der Waals surface area contributed by atoms with Gasteiger partial charge in [0.25, 0.3) is 0 Å². The number of aliphatic hydroxyl groups excluding tert-OH is 1. The van der Waals surface area contributed by atoms with E-state index in [9.17, 15) is 5.11 Å². The second kappa shape index (κ2) is 5.37. The van der Waals surface area contributed by atoms with Gasteiger partial charge < -0.3 is 9.67 Å². The van der Waals surface area contributed by atoms with Gasteiger partial charge in [0.1, 0.15) is 0 Å². The topological polar surface area (TPSA) is 41.3 Å². The van der Waals surface area contributed by atoms with Crippen LogP contribution >= 0.6 is 11.9 Å². The van der Waals surface area contributed by atoms with Crippen LogP contribution in [0.3, 0.4) is 0 Å². The molecule has 2 saturated carbocycles. The highest BCUT2D eigenvalue weighted by Crippen LogP contribution is 2.67. The summed E-state index contributed by atoms with van der Waals surface area (Å²) in [6, 6.07) is 8.94. The Labute approximate surface area is 158 Å². The van der Waals surface area contributed by atoms with Gasteiger partial charge in [0.2, 0.25) is 0 Å². The summed E-state index contributed by atoms with van der Waals surface area (Å²) in [6.45, 7) is 2.30. The Hall–Kier alpha value is -1.30. The smallest absolute Gasteiger partial charge is 0.0956 e. The third-order valence-electron chi connectivity index (χ3n) is 7.96. The van der Waals surface area contributed by atoms with Gasteiger partial charge in [-0.15, -0.1) is 0 Å². The molecule has 2 bridgehead atoms. The molecular formula is C21H25N3OS. The summed E-state index contributed by atoms with van der Waals surface area (Å²) in [5, 5.41) is 11.5. The Morgan fingerprint density at radius 3 is 2.69 bits per heavy atom. The summed E-state index contributed by atoms with van der Waals surface area (Å²) in [5.41, 5.74) is 4.05. The monoisotopic (exact) mass is 367 g/mol. The number of hydrogen-bond acceptors (Lipinski definition) is 4. The van der Waals surface area contributed by atoms with Gasteiger partial charge in [-0.1, -0.05) is 36.2 Å². The molecule has 1 spiro atoms. The van der Waals surface area contributed by atoms with Crippen LogP contribution in [-0.4, -0.2) is 44.4 Å². The largest absolute Gasteiger partial charge is 0.392 e. The van der Waals surface area contributed by atoms with Crippen LogP contribution in [0, 0.1) is 23.2 Å². The zero-order valence-corrected chi connectivity index (χ0v) is 15.9. The van der Waals surface area contributed by atoms with Crippen molar-refractivity contribution in [1.29, 1.82) is 0 Å². The van der Waals surface area contributed by atoms with Gasteiger partial charge in [0, 0.05) is 30.0 Å². The summed E-state index contributed by atoms with van der Waals surface area (Å²) in [6.07, 6.45) is 9.70. The third kappa shape index (κ3) is 1.77. The molecular weight excluding hydrogens is 342 g/mol. The van der Waals surface area contributed by atoms with E-state index in [0.717, 1.165) is 13.1 Å². The Kier molecular flexibility index (Phi) is 3.25. The van der Waals surface area contributed by atoms with Crippen molar-refractivity contribution in [3.8, 4) is 11.3 Å². The number of aromatic nitrogens is 2. The second-order valence-electron chi connectivity index (χ2n) is 8.64. The summed E-state index contributed by atoms with van der Waals surface area (Å²) in [4.78, 5) is 4.40. The van der Waals surface area contributed by atoms with Gasteiger partial charge in [0.15, 0.2) is 0 Å². The minimum absolute atomic E-state index is 0.176. The molecule has 0 radical (unpaired) electrons. The van der Waals surface area contributed by atoms with Crippen molar-refractivity contribution in [2.75, 3.05) is 19.3 Å². The molecule has 1 aromatic carbocycles. The zero-order chi connectivity index (χ0) is 17.5. The number of piperidine rings is 1. The van der Waals surface area contributed by atoms with Crippen molar-refractivity contribution in [2.45, 2.75) is 31.4 Å². The van der Waals surface area contributed by atoms with Crippen LogP contribution in [0.25, 0.3) is 11.3 Å². The van der Waals surface area contributed by atoms with Crippen molar-refractivity contribution in [3.63, 3.8) is 0 Å². The molecule has 1 saturated heterocycles. The van der Waals surface area contributed by atoms with Crippen molar-refractivity contribution in [2.24, 2.45) is 23.2 Å². The van der Waals surface area contributed by atoms with Gasteiger partial charge in [-0.25, -0.2) is 4.98 Å². The lowest BCUT2D eigenvalue weighted by atomic mass is 9.48. The Balaban J connectivity index is 1.35. The Morgan fingerprint density at radius 2 is 1.96 bits per heavy atom. The average Bonchev–Trinajstić information content (AvgIpc) is 3.30. The lowest BCUT2D eigenvalue weighted by Gasteiger charge is -2.61. The number of imidazole rings is 1. The van der Waals surface area contributed by atoms with E-state index in [4.69, 9.17) is 0 Å². The first-order valence-electron chi connectivity index (χ1n) is 9.82. The van der Waals surface area contributed by atoms with E-state index in [0.29, 0.717) is 17.8 Å². The van der Waals surface area contributed by atoms with Crippen molar-refractivity contribution in [3.05, 3.63) is 42.4 Å². The first kappa shape index (κ1) is 15.7. The molecule has 4 aliphatic rings. The molecule has 2 aliphatic carbocycles. The number of aliphatic hydroxyl groups is 1. The van der Waals surface area contributed by atoms with Gasteiger partial charge in [0.05, 0.1) is 30.4 Å². The first-order chi connectivity index (χ1) is 12.7. The molecule has 3 heterocycles. The van der Waals surface area contributed by atoms with Gasteiger partial charge >= 0.3 is 0 Å². The van der Waals surface area contributed by atoms with Crippen LogP contribution in [0.5, 0.6) is 0 Å². The van der Waals surface area contributed by atoms with E-state index in [1.54, 1.807) is 0 Å². The first-order valence-corrected chi connectivity index (χ1v) is 11.0. The molecule has 1 aromatic heterocycles. The lowest BCUT2D eigenvalue weighted by molar-refractivity contribution is -0.189. The summed E-state index contributed by atoms with van der Waals surface area (Å²) in [5.74, 6) is 1.65. The summed E-state index contributed by atoms with van der Waals surface area (Å²) >= 11 is 1.88. The standard InChI is InChI=1S/C21H25N3OS/c1-26-23-10-13-6-7-14(11-23)21(13)8-17(20(21)25)19-16-5-3-2-4-15(16)18-9-22-12-24(18)19/h2-5,9,12-14,17,19-20,25H,6-8,10-11H2,1H3. The number of rotatable bonds is 2. The van der Waals surface area contributed by atoms with E-state index in [2.05, 4.69) is 44.4 Å². The fourth-order valence-electron chi connectivity index (χ4n) is 6.80. The van der Waals surface area contributed by atoms with Crippen LogP contribution in [0.1, 0.15) is 30.9 Å². The predicted molar refractivity (Wildman–Crippen MR) is 104 cm³/mol. The molecule has 3 fully saturated rings. The second-order valence-corrected chi connectivity index (χ2v) is 9.53. The molecule has 1 N–H and O–H groups in total. The number of fused-ring (bicyclic) bond motifs is 3. The fourth-order valence-corrected chi connectivity index (χ4v) is 7.46. The molecule has 5 unspecified atom stereocenters. The molecule has 5 atom stereocenters. The molecule has 4 nitrogen and oxygen atoms in total. The van der Waals surface area contributed by atoms with Gasteiger partial charge in [-0.2, -0.15) is 0 Å². The maximum Gasteiger partial charge on any atom is 0.0956 e. The number of nitrogens with zero attached hydrogens (tertiary/aromatic N) is 3. The SMILES string of the molecule is CSN1CC2CCC(C1)C21CC(C2c3ccccc3-c3cncn32)C1O. The van der Waals surface area contributed by atoms with Gasteiger partial charge in [-0.05, 0) is 42.9 Å².